The number of hydrogen-bond acceptors (Lipinski definition) is 4. The summed E-state index contributed by atoms with van der Waals surface area (Å²) in [4.78, 5) is 16.5. The molecule has 7 nitrogen and oxygen atoms in total. The van der Waals surface area contributed by atoms with E-state index in [4.69, 9.17) is 0 Å². The molecule has 0 aliphatic carbocycles. The summed E-state index contributed by atoms with van der Waals surface area (Å²) in [6.45, 7) is 4.34. The minimum atomic E-state index is 0.301. The van der Waals surface area contributed by atoms with Crippen LogP contribution in [0, 0.1) is 0 Å². The number of H-pyrrole nitrogens is 1. The number of amides is 1. The van der Waals surface area contributed by atoms with Crippen molar-refractivity contribution in [3.63, 3.8) is 0 Å². The van der Waals surface area contributed by atoms with E-state index >= 15 is 0 Å². The van der Waals surface area contributed by atoms with Crippen LogP contribution in [-0.4, -0.2) is 54.8 Å². The lowest BCUT2D eigenvalue weighted by Crippen LogP contribution is -2.43. The Labute approximate surface area is 135 Å². The van der Waals surface area contributed by atoms with Crippen LogP contribution in [0.15, 0.2) is 24.7 Å². The first kappa shape index (κ1) is 14.4. The van der Waals surface area contributed by atoms with Gasteiger partial charge in [0.05, 0.1) is 11.9 Å². The Bertz CT molecular complexity index is 664. The minimum absolute atomic E-state index is 0.301. The molecule has 1 amide bonds. The third-order valence-electron chi connectivity index (χ3n) is 4.90. The Balaban J connectivity index is 1.54. The lowest BCUT2D eigenvalue weighted by Gasteiger charge is -2.32. The maximum absolute atomic E-state index is 12.0. The molecule has 4 heterocycles. The van der Waals surface area contributed by atoms with Crippen LogP contribution in [0.1, 0.15) is 30.5 Å². The molecule has 4 rings (SSSR count). The highest BCUT2D eigenvalue weighted by atomic mass is 16.2. The van der Waals surface area contributed by atoms with Gasteiger partial charge in [-0.15, -0.1) is 0 Å². The normalized spacial score (nSPS) is 22.3. The van der Waals surface area contributed by atoms with Gasteiger partial charge in [-0.1, -0.05) is 0 Å². The molecule has 2 aliphatic heterocycles. The third kappa shape index (κ3) is 3.01. The molecule has 122 valence electrons. The molecule has 0 unspecified atom stereocenters. The Morgan fingerprint density at radius 2 is 2.30 bits per heavy atom. The average Bonchev–Trinajstić information content (AvgIpc) is 3.26. The molecule has 0 radical (unpaired) electrons. The van der Waals surface area contributed by atoms with Gasteiger partial charge in [-0.2, -0.15) is 10.2 Å². The van der Waals surface area contributed by atoms with Crippen LogP contribution in [0.5, 0.6) is 0 Å². The number of carbonyl (C=O) groups is 1. The fourth-order valence-corrected chi connectivity index (χ4v) is 3.63. The van der Waals surface area contributed by atoms with Crippen molar-refractivity contribution in [1.29, 1.82) is 0 Å². The van der Waals surface area contributed by atoms with Crippen LogP contribution in [0.4, 0.5) is 0 Å². The summed E-state index contributed by atoms with van der Waals surface area (Å²) in [6.07, 6.45) is 8.40. The quantitative estimate of drug-likeness (QED) is 0.914. The number of fused-ring (bicyclic) bond motifs is 1. The Kier molecular flexibility index (Phi) is 3.87. The van der Waals surface area contributed by atoms with Crippen molar-refractivity contribution in [3.8, 4) is 0 Å². The smallest absolute Gasteiger partial charge is 0.222 e. The molecular formula is C16H22N6O. The van der Waals surface area contributed by atoms with Crippen LogP contribution in [0.2, 0.25) is 0 Å². The van der Waals surface area contributed by atoms with Crippen molar-refractivity contribution < 1.29 is 4.79 Å². The van der Waals surface area contributed by atoms with E-state index < -0.39 is 0 Å². The molecule has 1 atom stereocenters. The van der Waals surface area contributed by atoms with E-state index in [0.717, 1.165) is 45.6 Å². The van der Waals surface area contributed by atoms with E-state index in [0.29, 0.717) is 18.4 Å². The van der Waals surface area contributed by atoms with Crippen molar-refractivity contribution in [2.45, 2.75) is 44.9 Å². The van der Waals surface area contributed by atoms with Gasteiger partial charge in [-0.25, -0.2) is 0 Å². The molecule has 1 fully saturated rings. The lowest BCUT2D eigenvalue weighted by molar-refractivity contribution is -0.128. The van der Waals surface area contributed by atoms with E-state index in [-0.39, 0.29) is 0 Å². The fourth-order valence-electron chi connectivity index (χ4n) is 3.63. The zero-order chi connectivity index (χ0) is 15.6. The molecule has 23 heavy (non-hydrogen) atoms. The molecule has 1 N–H and O–H groups in total. The lowest BCUT2D eigenvalue weighted by atomic mass is 10.1. The highest BCUT2D eigenvalue weighted by molar-refractivity contribution is 5.78. The number of aromatic nitrogens is 4. The van der Waals surface area contributed by atoms with Crippen molar-refractivity contribution in [1.82, 2.24) is 29.8 Å². The molecule has 0 aromatic carbocycles. The largest absolute Gasteiger partial charge is 0.341 e. The first-order chi connectivity index (χ1) is 11.3. The van der Waals surface area contributed by atoms with E-state index in [1.807, 2.05) is 23.5 Å². The molecule has 0 saturated carbocycles. The summed E-state index contributed by atoms with van der Waals surface area (Å²) < 4.78 is 2.09. The van der Waals surface area contributed by atoms with Gasteiger partial charge in [0.25, 0.3) is 0 Å². The minimum Gasteiger partial charge on any atom is -0.341 e. The average molecular weight is 314 g/mol. The zero-order valence-corrected chi connectivity index (χ0v) is 13.2. The summed E-state index contributed by atoms with van der Waals surface area (Å²) in [5.41, 5.74) is 2.42. The Morgan fingerprint density at radius 3 is 3.09 bits per heavy atom. The fraction of sp³-hybridized carbons (Fsp3) is 0.562. The first-order valence-electron chi connectivity index (χ1n) is 8.30. The third-order valence-corrected chi connectivity index (χ3v) is 4.90. The van der Waals surface area contributed by atoms with Crippen molar-refractivity contribution >= 4 is 5.91 Å². The second-order valence-electron chi connectivity index (χ2n) is 6.44. The molecule has 7 heteroatoms. The van der Waals surface area contributed by atoms with Gasteiger partial charge < -0.3 is 4.90 Å². The summed E-state index contributed by atoms with van der Waals surface area (Å²) in [5.74, 6) is 0.301. The SMILES string of the molecule is O=C1CCCN1C[C@H]1CCn2nccc2CN1Cc1cn[nH]c1. The van der Waals surface area contributed by atoms with Gasteiger partial charge in [0, 0.05) is 63.1 Å². The second kappa shape index (κ2) is 6.16. The van der Waals surface area contributed by atoms with Gasteiger partial charge in [0.1, 0.15) is 0 Å². The van der Waals surface area contributed by atoms with Crippen molar-refractivity contribution in [2.75, 3.05) is 13.1 Å². The van der Waals surface area contributed by atoms with E-state index in [1.54, 1.807) is 0 Å². The monoisotopic (exact) mass is 314 g/mol. The summed E-state index contributed by atoms with van der Waals surface area (Å²) in [6, 6.07) is 2.44. The maximum Gasteiger partial charge on any atom is 0.222 e. The van der Waals surface area contributed by atoms with Crippen molar-refractivity contribution in [3.05, 3.63) is 35.9 Å². The molecule has 2 aliphatic rings. The summed E-state index contributed by atoms with van der Waals surface area (Å²) >= 11 is 0. The molecule has 0 spiro atoms. The molecule has 0 bridgehead atoms. The zero-order valence-electron chi connectivity index (χ0n) is 13.2. The van der Waals surface area contributed by atoms with Gasteiger partial charge in [-0.3, -0.25) is 19.5 Å². The predicted molar refractivity (Wildman–Crippen MR) is 84.3 cm³/mol. The van der Waals surface area contributed by atoms with Crippen LogP contribution < -0.4 is 0 Å². The van der Waals surface area contributed by atoms with E-state index in [1.165, 1.54) is 11.3 Å². The summed E-state index contributed by atoms with van der Waals surface area (Å²) in [5, 5.41) is 11.4. The summed E-state index contributed by atoms with van der Waals surface area (Å²) in [7, 11) is 0. The van der Waals surface area contributed by atoms with Crippen LogP contribution >= 0.6 is 0 Å². The molecular weight excluding hydrogens is 292 g/mol. The number of aryl methyl sites for hydroxylation is 1. The van der Waals surface area contributed by atoms with Crippen LogP contribution in [0.3, 0.4) is 0 Å². The first-order valence-corrected chi connectivity index (χ1v) is 8.30. The van der Waals surface area contributed by atoms with Gasteiger partial charge in [0.2, 0.25) is 5.91 Å². The van der Waals surface area contributed by atoms with Crippen LogP contribution in [0.25, 0.3) is 0 Å². The topological polar surface area (TPSA) is 70.1 Å². The number of aromatic amines is 1. The number of likely N-dealkylation sites (tertiary alicyclic amines) is 1. The number of nitrogens with one attached hydrogen (secondary N) is 1. The van der Waals surface area contributed by atoms with E-state index in [2.05, 4.69) is 30.9 Å². The Morgan fingerprint density at radius 1 is 1.35 bits per heavy atom. The van der Waals surface area contributed by atoms with Crippen LogP contribution in [-0.2, 0) is 24.4 Å². The van der Waals surface area contributed by atoms with Gasteiger partial charge in [-0.05, 0) is 18.9 Å². The highest BCUT2D eigenvalue weighted by Crippen LogP contribution is 2.22. The van der Waals surface area contributed by atoms with Crippen molar-refractivity contribution in [2.24, 2.45) is 0 Å². The van der Waals surface area contributed by atoms with Gasteiger partial charge >= 0.3 is 0 Å². The standard InChI is InChI=1S/C16H22N6O/c23-16-2-1-6-20(16)11-14-4-7-22-15(3-5-19-22)12-21(14)10-13-8-17-18-9-13/h3,5,8-9,14H,1-2,4,6-7,10-12H2,(H,17,18)/t14-/m1/s1. The highest BCUT2D eigenvalue weighted by Gasteiger charge is 2.29. The maximum atomic E-state index is 12.0. The number of rotatable bonds is 4. The molecule has 2 aromatic heterocycles. The second-order valence-corrected chi connectivity index (χ2v) is 6.44. The molecule has 1 saturated heterocycles. The number of hydrogen-bond donors (Lipinski definition) is 1. The predicted octanol–water partition coefficient (Wildman–Crippen LogP) is 1.00. The molecule has 2 aromatic rings. The van der Waals surface area contributed by atoms with E-state index in [9.17, 15) is 4.79 Å². The van der Waals surface area contributed by atoms with Gasteiger partial charge in [0.15, 0.2) is 0 Å². The number of carbonyl (C=O) groups excluding carboxylic acids is 1. The Hall–Kier alpha value is -2.15. The number of nitrogens with zero attached hydrogens (tertiary/aromatic N) is 5.